The zero-order valence-electron chi connectivity index (χ0n) is 14.4. The van der Waals surface area contributed by atoms with E-state index >= 15 is 0 Å². The minimum atomic E-state index is -0.897. The SMILES string of the molecule is C/C=C/CCC[C@](C)(NCNC(=O)[C@@](C)(N)CCC)C(N)=O. The molecule has 2 amide bonds. The van der Waals surface area contributed by atoms with Crippen molar-refractivity contribution in [3.8, 4) is 0 Å². The van der Waals surface area contributed by atoms with E-state index in [0.29, 0.717) is 12.8 Å². The Balaban J connectivity index is 4.41. The number of rotatable bonds is 11. The number of carbonyl (C=O) groups excluding carboxylic acids is 2. The molecule has 0 fully saturated rings. The monoisotopic (exact) mass is 312 g/mol. The predicted octanol–water partition coefficient (Wildman–Crippen LogP) is 1.16. The molecule has 0 heterocycles. The van der Waals surface area contributed by atoms with Crippen molar-refractivity contribution in [1.82, 2.24) is 10.6 Å². The Bertz CT molecular complexity index is 394. The minimum Gasteiger partial charge on any atom is -0.368 e. The maximum absolute atomic E-state index is 12.0. The molecule has 6 heteroatoms. The van der Waals surface area contributed by atoms with E-state index < -0.39 is 17.0 Å². The van der Waals surface area contributed by atoms with Gasteiger partial charge in [0.2, 0.25) is 11.8 Å². The number of amides is 2. The molecule has 0 radical (unpaired) electrons. The average molecular weight is 312 g/mol. The summed E-state index contributed by atoms with van der Waals surface area (Å²) >= 11 is 0. The van der Waals surface area contributed by atoms with E-state index in [-0.39, 0.29) is 12.6 Å². The summed E-state index contributed by atoms with van der Waals surface area (Å²) < 4.78 is 0. The Kier molecular flexibility index (Phi) is 8.97. The molecule has 6 nitrogen and oxygen atoms in total. The summed E-state index contributed by atoms with van der Waals surface area (Å²) in [4.78, 5) is 23.7. The third-order valence-corrected chi connectivity index (χ3v) is 3.84. The van der Waals surface area contributed by atoms with Crippen molar-refractivity contribution in [2.24, 2.45) is 11.5 Å². The van der Waals surface area contributed by atoms with Gasteiger partial charge in [-0.15, -0.1) is 0 Å². The maximum Gasteiger partial charge on any atom is 0.240 e. The number of unbranched alkanes of at least 4 members (excludes halogenated alkanes) is 1. The van der Waals surface area contributed by atoms with Crippen LogP contribution >= 0.6 is 0 Å². The Morgan fingerprint density at radius 3 is 2.36 bits per heavy atom. The lowest BCUT2D eigenvalue weighted by atomic mass is 9.94. The van der Waals surface area contributed by atoms with E-state index in [1.54, 1.807) is 13.8 Å². The van der Waals surface area contributed by atoms with Gasteiger partial charge in [0.1, 0.15) is 0 Å². The van der Waals surface area contributed by atoms with Gasteiger partial charge in [0.15, 0.2) is 0 Å². The molecule has 0 unspecified atom stereocenters. The van der Waals surface area contributed by atoms with Gasteiger partial charge in [0, 0.05) is 0 Å². The molecule has 0 aliphatic heterocycles. The molecule has 0 bridgehead atoms. The first-order valence-electron chi connectivity index (χ1n) is 7.93. The van der Waals surface area contributed by atoms with Gasteiger partial charge in [-0.05, 0) is 46.5 Å². The highest BCUT2D eigenvalue weighted by Crippen LogP contribution is 2.14. The minimum absolute atomic E-state index is 0.165. The highest BCUT2D eigenvalue weighted by Gasteiger charge is 2.31. The first kappa shape index (κ1) is 20.6. The van der Waals surface area contributed by atoms with E-state index in [9.17, 15) is 9.59 Å². The van der Waals surface area contributed by atoms with Crippen molar-refractivity contribution in [1.29, 1.82) is 0 Å². The van der Waals surface area contributed by atoms with E-state index in [4.69, 9.17) is 11.5 Å². The number of hydrogen-bond donors (Lipinski definition) is 4. The summed E-state index contributed by atoms with van der Waals surface area (Å²) in [6, 6.07) is 0. The summed E-state index contributed by atoms with van der Waals surface area (Å²) in [6.07, 6.45) is 7.81. The first-order valence-corrected chi connectivity index (χ1v) is 7.93. The molecule has 0 rings (SSSR count). The van der Waals surface area contributed by atoms with Crippen molar-refractivity contribution < 1.29 is 9.59 Å². The van der Waals surface area contributed by atoms with E-state index in [1.165, 1.54) is 0 Å². The smallest absolute Gasteiger partial charge is 0.240 e. The Hall–Kier alpha value is -1.40. The number of nitrogens with two attached hydrogens (primary N) is 2. The quantitative estimate of drug-likeness (QED) is 0.261. The van der Waals surface area contributed by atoms with Crippen LogP contribution in [0.25, 0.3) is 0 Å². The number of carbonyl (C=O) groups is 2. The number of allylic oxidation sites excluding steroid dienone is 2. The van der Waals surface area contributed by atoms with Gasteiger partial charge >= 0.3 is 0 Å². The third kappa shape index (κ3) is 7.04. The van der Waals surface area contributed by atoms with Gasteiger partial charge in [-0.25, -0.2) is 0 Å². The second-order valence-corrected chi connectivity index (χ2v) is 6.18. The third-order valence-electron chi connectivity index (χ3n) is 3.84. The van der Waals surface area contributed by atoms with Crippen LogP contribution in [-0.4, -0.2) is 29.6 Å². The topological polar surface area (TPSA) is 110 Å². The van der Waals surface area contributed by atoms with Crippen LogP contribution in [0.15, 0.2) is 12.2 Å². The van der Waals surface area contributed by atoms with E-state index in [2.05, 4.69) is 10.6 Å². The zero-order chi connectivity index (χ0) is 17.2. The van der Waals surface area contributed by atoms with Crippen molar-refractivity contribution in [3.63, 3.8) is 0 Å². The lowest BCUT2D eigenvalue weighted by Crippen LogP contribution is -2.59. The second kappa shape index (κ2) is 9.58. The average Bonchev–Trinajstić information content (AvgIpc) is 2.43. The molecule has 6 N–H and O–H groups in total. The molecule has 0 aromatic carbocycles. The number of hydrogen-bond acceptors (Lipinski definition) is 4. The lowest BCUT2D eigenvalue weighted by Gasteiger charge is -2.29. The summed E-state index contributed by atoms with van der Waals surface area (Å²) in [6.45, 7) is 7.56. The molecule has 0 aliphatic rings. The van der Waals surface area contributed by atoms with Crippen molar-refractivity contribution in [2.75, 3.05) is 6.67 Å². The van der Waals surface area contributed by atoms with Gasteiger partial charge < -0.3 is 16.8 Å². The highest BCUT2D eigenvalue weighted by molar-refractivity contribution is 5.86. The maximum atomic E-state index is 12.0. The molecule has 128 valence electrons. The molecule has 0 aliphatic carbocycles. The first-order chi connectivity index (χ1) is 10.2. The van der Waals surface area contributed by atoms with Crippen LogP contribution in [0, 0.1) is 0 Å². The van der Waals surface area contributed by atoms with Crippen LogP contribution in [0.4, 0.5) is 0 Å². The molecular weight excluding hydrogens is 280 g/mol. The van der Waals surface area contributed by atoms with Crippen LogP contribution in [0.5, 0.6) is 0 Å². The van der Waals surface area contributed by atoms with Crippen LogP contribution in [0.2, 0.25) is 0 Å². The zero-order valence-corrected chi connectivity index (χ0v) is 14.4. The molecule has 0 saturated carbocycles. The van der Waals surface area contributed by atoms with Gasteiger partial charge in [-0.1, -0.05) is 25.5 Å². The summed E-state index contributed by atoms with van der Waals surface area (Å²) in [5, 5.41) is 5.75. The fraction of sp³-hybridized carbons (Fsp3) is 0.750. The molecular formula is C16H32N4O2. The highest BCUT2D eigenvalue weighted by atomic mass is 16.2. The molecule has 0 saturated heterocycles. The van der Waals surface area contributed by atoms with E-state index in [1.807, 2.05) is 26.0 Å². The molecule has 0 spiro atoms. The van der Waals surface area contributed by atoms with Crippen LogP contribution in [0.3, 0.4) is 0 Å². The summed E-state index contributed by atoms with van der Waals surface area (Å²) in [7, 11) is 0. The Morgan fingerprint density at radius 1 is 1.23 bits per heavy atom. The van der Waals surface area contributed by atoms with Crippen molar-refractivity contribution >= 4 is 11.8 Å². The largest absolute Gasteiger partial charge is 0.368 e. The van der Waals surface area contributed by atoms with Crippen LogP contribution < -0.4 is 22.1 Å². The van der Waals surface area contributed by atoms with Crippen LogP contribution in [-0.2, 0) is 9.59 Å². The molecule has 2 atom stereocenters. The molecule has 0 aromatic heterocycles. The van der Waals surface area contributed by atoms with Gasteiger partial charge in [-0.2, -0.15) is 0 Å². The second-order valence-electron chi connectivity index (χ2n) is 6.18. The normalized spacial score (nSPS) is 17.0. The number of nitrogens with one attached hydrogen (secondary N) is 2. The Labute approximate surface area is 134 Å². The van der Waals surface area contributed by atoms with Gasteiger partial charge in [-0.3, -0.25) is 14.9 Å². The van der Waals surface area contributed by atoms with Crippen molar-refractivity contribution in [2.45, 2.75) is 70.9 Å². The lowest BCUT2D eigenvalue weighted by molar-refractivity contribution is -0.127. The fourth-order valence-corrected chi connectivity index (χ4v) is 2.19. The van der Waals surface area contributed by atoms with E-state index in [0.717, 1.165) is 19.3 Å². The van der Waals surface area contributed by atoms with Gasteiger partial charge in [0.05, 0.1) is 17.7 Å². The molecule has 22 heavy (non-hydrogen) atoms. The van der Waals surface area contributed by atoms with Crippen LogP contribution in [0.1, 0.15) is 59.8 Å². The fourth-order valence-electron chi connectivity index (χ4n) is 2.19. The molecule has 0 aromatic rings. The van der Waals surface area contributed by atoms with Gasteiger partial charge in [0.25, 0.3) is 0 Å². The van der Waals surface area contributed by atoms with Crippen molar-refractivity contribution in [3.05, 3.63) is 12.2 Å². The predicted molar refractivity (Wildman–Crippen MR) is 89.9 cm³/mol. The standard InChI is InChI=1S/C16H32N4O2/c1-5-7-8-9-11-16(4,13(17)21)20-12-19-14(22)15(3,18)10-6-2/h5,7,20H,6,8-12,18H2,1-4H3,(H2,17,21)(H,19,22)/b7-5+/t15-,16-/m0/s1. The summed E-state index contributed by atoms with van der Waals surface area (Å²) in [5.41, 5.74) is 9.69. The Morgan fingerprint density at radius 2 is 1.86 bits per heavy atom. The number of primary amides is 1. The summed E-state index contributed by atoms with van der Waals surface area (Å²) in [5.74, 6) is -0.658.